The lowest BCUT2D eigenvalue weighted by molar-refractivity contribution is 0.316. The molecule has 0 bridgehead atoms. The molecule has 2 aromatic heterocycles. The van der Waals surface area contributed by atoms with Gasteiger partial charge in [-0.2, -0.15) is 4.31 Å². The quantitative estimate of drug-likeness (QED) is 0.671. The van der Waals surface area contributed by atoms with Crippen molar-refractivity contribution in [3.05, 3.63) is 66.4 Å². The molecule has 0 spiro atoms. The highest BCUT2D eigenvalue weighted by atomic mass is 32.2. The molecule has 4 rings (SSSR count). The van der Waals surface area contributed by atoms with Crippen LogP contribution >= 0.6 is 0 Å². The minimum atomic E-state index is -3.62. The predicted octanol–water partition coefficient (Wildman–Crippen LogP) is 2.68. The average molecular weight is 401 g/mol. The Bertz CT molecular complexity index is 1070. The topological polar surface area (TPSA) is 81.0 Å². The maximum atomic E-state index is 13.1. The highest BCUT2D eigenvalue weighted by Gasteiger charge is 2.30. The lowest BCUT2D eigenvalue weighted by atomic mass is 9.95. The molecule has 1 aliphatic heterocycles. The molecule has 7 nitrogen and oxygen atoms in total. The SMILES string of the molecule is Cc1nccn1-c1cncc(C2CCN(S(=O)(=O)c3ccc(F)cc3)CC2)n1. The molecule has 0 aliphatic carbocycles. The number of imidazole rings is 1. The summed E-state index contributed by atoms with van der Waals surface area (Å²) in [5.41, 5.74) is 0.851. The van der Waals surface area contributed by atoms with Crippen molar-refractivity contribution >= 4 is 10.0 Å². The van der Waals surface area contributed by atoms with Gasteiger partial charge in [0.25, 0.3) is 0 Å². The normalized spacial score (nSPS) is 16.4. The zero-order valence-corrected chi connectivity index (χ0v) is 16.2. The number of nitrogens with zero attached hydrogens (tertiary/aromatic N) is 5. The largest absolute Gasteiger partial charge is 0.287 e. The van der Waals surface area contributed by atoms with Crippen LogP contribution in [-0.2, 0) is 10.0 Å². The third-order valence-corrected chi connectivity index (χ3v) is 6.95. The summed E-state index contributed by atoms with van der Waals surface area (Å²) in [7, 11) is -3.62. The molecule has 3 aromatic rings. The van der Waals surface area contributed by atoms with E-state index in [1.54, 1.807) is 18.6 Å². The van der Waals surface area contributed by atoms with Crippen molar-refractivity contribution in [2.24, 2.45) is 0 Å². The van der Waals surface area contributed by atoms with Crippen molar-refractivity contribution in [1.82, 2.24) is 23.8 Å². The van der Waals surface area contributed by atoms with Crippen LogP contribution in [0.15, 0.2) is 53.9 Å². The molecular formula is C19H20FN5O2S. The average Bonchev–Trinajstić information content (AvgIpc) is 3.14. The minimum absolute atomic E-state index is 0.115. The van der Waals surface area contributed by atoms with E-state index in [1.165, 1.54) is 28.6 Å². The van der Waals surface area contributed by atoms with E-state index in [0.29, 0.717) is 31.7 Å². The van der Waals surface area contributed by atoms with Crippen LogP contribution in [-0.4, -0.2) is 45.3 Å². The Morgan fingerprint density at radius 3 is 2.46 bits per heavy atom. The van der Waals surface area contributed by atoms with Crippen LogP contribution in [0.1, 0.15) is 30.3 Å². The van der Waals surface area contributed by atoms with Gasteiger partial charge >= 0.3 is 0 Å². The summed E-state index contributed by atoms with van der Waals surface area (Å²) < 4.78 is 41.9. The standard InChI is InChI=1S/C19H20FN5O2S/c1-14-22-8-11-25(14)19-13-21-12-18(23-19)15-6-9-24(10-7-15)28(26,27)17-4-2-16(20)3-5-17/h2-5,8,11-13,15H,6-7,9-10H2,1H3. The van der Waals surface area contributed by atoms with Crippen LogP contribution in [0, 0.1) is 12.7 Å². The van der Waals surface area contributed by atoms with E-state index in [-0.39, 0.29) is 10.8 Å². The summed E-state index contributed by atoms with van der Waals surface area (Å²) in [6, 6.07) is 4.94. The second-order valence-corrected chi connectivity index (χ2v) is 8.72. The predicted molar refractivity (Wildman–Crippen MR) is 101 cm³/mol. The van der Waals surface area contributed by atoms with E-state index >= 15 is 0 Å². The second kappa shape index (κ2) is 7.40. The zero-order chi connectivity index (χ0) is 19.7. The Morgan fingerprint density at radius 2 is 1.82 bits per heavy atom. The lowest BCUT2D eigenvalue weighted by Gasteiger charge is -2.31. The Labute approximate surface area is 162 Å². The third-order valence-electron chi connectivity index (χ3n) is 5.04. The van der Waals surface area contributed by atoms with Gasteiger partial charge in [0.05, 0.1) is 16.8 Å². The van der Waals surface area contributed by atoms with E-state index in [2.05, 4.69) is 9.97 Å². The molecule has 0 saturated carbocycles. The van der Waals surface area contributed by atoms with Crippen molar-refractivity contribution in [1.29, 1.82) is 0 Å². The number of aromatic nitrogens is 4. The molecule has 9 heteroatoms. The first-order valence-corrected chi connectivity index (χ1v) is 10.5. The molecule has 146 valence electrons. The van der Waals surface area contributed by atoms with Gasteiger partial charge in [-0.1, -0.05) is 0 Å². The van der Waals surface area contributed by atoms with Crippen LogP contribution in [0.25, 0.3) is 5.82 Å². The summed E-state index contributed by atoms with van der Waals surface area (Å²) in [5.74, 6) is 1.21. The smallest absolute Gasteiger partial charge is 0.243 e. The Morgan fingerprint density at radius 1 is 1.11 bits per heavy atom. The van der Waals surface area contributed by atoms with Gasteiger partial charge in [0.1, 0.15) is 11.6 Å². The first kappa shape index (κ1) is 18.7. The Kier molecular flexibility index (Phi) is 4.94. The first-order valence-electron chi connectivity index (χ1n) is 9.03. The Hall–Kier alpha value is -2.65. The lowest BCUT2D eigenvalue weighted by Crippen LogP contribution is -2.38. The van der Waals surface area contributed by atoms with Gasteiger partial charge in [0.15, 0.2) is 5.82 Å². The van der Waals surface area contributed by atoms with Crippen molar-refractivity contribution in [2.75, 3.05) is 13.1 Å². The number of aryl methyl sites for hydroxylation is 1. The van der Waals surface area contributed by atoms with Gasteiger partial charge in [-0.15, -0.1) is 0 Å². The summed E-state index contributed by atoms with van der Waals surface area (Å²) in [5, 5.41) is 0. The summed E-state index contributed by atoms with van der Waals surface area (Å²) >= 11 is 0. The summed E-state index contributed by atoms with van der Waals surface area (Å²) in [4.78, 5) is 13.3. The summed E-state index contributed by atoms with van der Waals surface area (Å²) in [6.07, 6.45) is 8.28. The van der Waals surface area contributed by atoms with E-state index < -0.39 is 15.8 Å². The fourth-order valence-corrected chi connectivity index (χ4v) is 4.92. The van der Waals surface area contributed by atoms with E-state index in [4.69, 9.17) is 4.98 Å². The van der Waals surface area contributed by atoms with E-state index in [0.717, 1.165) is 11.5 Å². The van der Waals surface area contributed by atoms with Crippen molar-refractivity contribution < 1.29 is 12.8 Å². The number of halogens is 1. The first-order chi connectivity index (χ1) is 13.4. The molecule has 0 N–H and O–H groups in total. The number of hydrogen-bond acceptors (Lipinski definition) is 5. The summed E-state index contributed by atoms with van der Waals surface area (Å²) in [6.45, 7) is 2.67. The zero-order valence-electron chi connectivity index (χ0n) is 15.4. The number of sulfonamides is 1. The van der Waals surface area contributed by atoms with Crippen LogP contribution < -0.4 is 0 Å². The number of piperidine rings is 1. The van der Waals surface area contributed by atoms with Crippen molar-refractivity contribution in [2.45, 2.75) is 30.6 Å². The maximum absolute atomic E-state index is 13.1. The minimum Gasteiger partial charge on any atom is -0.287 e. The van der Waals surface area contributed by atoms with E-state index in [9.17, 15) is 12.8 Å². The number of benzene rings is 1. The maximum Gasteiger partial charge on any atom is 0.243 e. The van der Waals surface area contributed by atoms with Crippen molar-refractivity contribution in [3.8, 4) is 5.82 Å². The van der Waals surface area contributed by atoms with Gasteiger partial charge in [0.2, 0.25) is 10.0 Å². The van der Waals surface area contributed by atoms with Crippen LogP contribution in [0.3, 0.4) is 0 Å². The molecule has 1 fully saturated rings. The fourth-order valence-electron chi connectivity index (χ4n) is 3.45. The molecule has 28 heavy (non-hydrogen) atoms. The van der Waals surface area contributed by atoms with Gasteiger partial charge in [-0.05, 0) is 44.0 Å². The highest BCUT2D eigenvalue weighted by Crippen LogP contribution is 2.30. The molecule has 1 saturated heterocycles. The monoisotopic (exact) mass is 401 g/mol. The van der Waals surface area contributed by atoms with Crippen LogP contribution in [0.4, 0.5) is 4.39 Å². The molecule has 0 atom stereocenters. The van der Waals surface area contributed by atoms with E-state index in [1.807, 2.05) is 17.7 Å². The molecule has 0 amide bonds. The number of hydrogen-bond donors (Lipinski definition) is 0. The van der Waals surface area contributed by atoms with Crippen molar-refractivity contribution in [3.63, 3.8) is 0 Å². The third kappa shape index (κ3) is 3.55. The van der Waals surface area contributed by atoms with Gasteiger partial charge in [0, 0.05) is 37.6 Å². The van der Waals surface area contributed by atoms with Crippen LogP contribution in [0.5, 0.6) is 0 Å². The molecular weight excluding hydrogens is 381 g/mol. The van der Waals surface area contributed by atoms with Gasteiger partial charge < -0.3 is 0 Å². The molecule has 0 unspecified atom stereocenters. The fraction of sp³-hybridized carbons (Fsp3) is 0.316. The highest BCUT2D eigenvalue weighted by molar-refractivity contribution is 7.89. The van der Waals surface area contributed by atoms with Crippen LogP contribution in [0.2, 0.25) is 0 Å². The molecule has 0 radical (unpaired) electrons. The number of rotatable bonds is 4. The van der Waals surface area contributed by atoms with Gasteiger partial charge in [-0.25, -0.2) is 22.8 Å². The Balaban J connectivity index is 1.49. The second-order valence-electron chi connectivity index (χ2n) is 6.78. The molecule has 1 aromatic carbocycles. The molecule has 1 aliphatic rings. The van der Waals surface area contributed by atoms with Gasteiger partial charge in [-0.3, -0.25) is 9.55 Å². The molecule has 3 heterocycles.